The standard InChI is InChI=1S/C23H24N2O3/c1-23(2,3)28-25-21(26)13-12-16-8-10-17(11-9-16)14-19-15-18-6-4-5-7-20(18)24-22(19)27/h4-14H,15H2,1-3H3,(H,24,27)(H,25,26)/b13-12+,19-14+. The molecule has 28 heavy (non-hydrogen) atoms. The zero-order chi connectivity index (χ0) is 20.1. The first-order valence-electron chi connectivity index (χ1n) is 9.16. The molecule has 2 N–H and O–H groups in total. The predicted octanol–water partition coefficient (Wildman–Crippen LogP) is 4.12. The Bertz CT molecular complexity index is 935. The molecule has 1 aliphatic heterocycles. The lowest BCUT2D eigenvalue weighted by Gasteiger charge is -2.19. The molecule has 5 heteroatoms. The van der Waals surface area contributed by atoms with Crippen LogP contribution in [0.25, 0.3) is 12.2 Å². The quantitative estimate of drug-likeness (QED) is 0.623. The maximum atomic E-state index is 12.3. The number of fused-ring (bicyclic) bond motifs is 1. The molecule has 144 valence electrons. The van der Waals surface area contributed by atoms with Gasteiger partial charge < -0.3 is 5.32 Å². The summed E-state index contributed by atoms with van der Waals surface area (Å²) in [7, 11) is 0. The molecule has 1 heterocycles. The van der Waals surface area contributed by atoms with Crippen LogP contribution in [0.4, 0.5) is 5.69 Å². The fourth-order valence-corrected chi connectivity index (χ4v) is 2.71. The topological polar surface area (TPSA) is 67.4 Å². The molecule has 0 aliphatic carbocycles. The second-order valence-corrected chi connectivity index (χ2v) is 7.64. The van der Waals surface area contributed by atoms with Crippen LogP contribution in [0.5, 0.6) is 0 Å². The zero-order valence-corrected chi connectivity index (χ0v) is 16.3. The Morgan fingerprint density at radius 2 is 1.75 bits per heavy atom. The minimum absolute atomic E-state index is 0.0711. The SMILES string of the molecule is CC(C)(C)ONC(=O)/C=C/c1ccc(/C=C2\Cc3ccccc3NC2=O)cc1. The molecule has 5 nitrogen and oxygen atoms in total. The summed E-state index contributed by atoms with van der Waals surface area (Å²) >= 11 is 0. The molecule has 1 aliphatic rings. The van der Waals surface area contributed by atoms with Crippen molar-refractivity contribution in [2.75, 3.05) is 5.32 Å². The van der Waals surface area contributed by atoms with Crippen LogP contribution in [0.15, 0.2) is 60.2 Å². The fraction of sp³-hybridized carbons (Fsp3) is 0.217. The Kier molecular flexibility index (Phi) is 5.76. The van der Waals surface area contributed by atoms with Crippen molar-refractivity contribution in [3.05, 3.63) is 76.9 Å². The van der Waals surface area contributed by atoms with Crippen molar-refractivity contribution in [1.29, 1.82) is 0 Å². The van der Waals surface area contributed by atoms with E-state index in [0.29, 0.717) is 6.42 Å². The van der Waals surface area contributed by atoms with E-state index in [9.17, 15) is 9.59 Å². The third kappa shape index (κ3) is 5.41. The first-order chi connectivity index (χ1) is 13.3. The molecule has 0 spiro atoms. The van der Waals surface area contributed by atoms with E-state index in [1.165, 1.54) is 6.08 Å². The maximum Gasteiger partial charge on any atom is 0.267 e. The number of carbonyl (C=O) groups is 2. The smallest absolute Gasteiger partial charge is 0.267 e. The highest BCUT2D eigenvalue weighted by Gasteiger charge is 2.19. The Labute approximate surface area is 165 Å². The van der Waals surface area contributed by atoms with Crippen molar-refractivity contribution in [3.63, 3.8) is 0 Å². The predicted molar refractivity (Wildman–Crippen MR) is 111 cm³/mol. The van der Waals surface area contributed by atoms with Gasteiger partial charge in [0, 0.05) is 23.8 Å². The van der Waals surface area contributed by atoms with Crippen molar-refractivity contribution in [1.82, 2.24) is 5.48 Å². The van der Waals surface area contributed by atoms with Crippen LogP contribution < -0.4 is 10.8 Å². The minimum atomic E-state index is -0.440. The Balaban J connectivity index is 1.65. The van der Waals surface area contributed by atoms with Crippen molar-refractivity contribution in [2.24, 2.45) is 0 Å². The molecule has 0 bridgehead atoms. The third-order valence-electron chi connectivity index (χ3n) is 4.10. The van der Waals surface area contributed by atoms with Gasteiger partial charge in [-0.25, -0.2) is 5.48 Å². The van der Waals surface area contributed by atoms with E-state index in [1.54, 1.807) is 6.08 Å². The maximum absolute atomic E-state index is 12.3. The highest BCUT2D eigenvalue weighted by molar-refractivity contribution is 6.09. The number of hydrogen-bond donors (Lipinski definition) is 2. The van der Waals surface area contributed by atoms with Gasteiger partial charge in [-0.05, 0) is 55.7 Å². The lowest BCUT2D eigenvalue weighted by Crippen LogP contribution is -2.32. The molecule has 3 rings (SSSR count). The van der Waals surface area contributed by atoms with Crippen LogP contribution in [0.3, 0.4) is 0 Å². The van der Waals surface area contributed by atoms with Gasteiger partial charge >= 0.3 is 0 Å². The largest absolute Gasteiger partial charge is 0.322 e. The van der Waals surface area contributed by atoms with E-state index in [4.69, 9.17) is 4.84 Å². The number of hydroxylamine groups is 1. The summed E-state index contributed by atoms with van der Waals surface area (Å²) in [6, 6.07) is 15.4. The van der Waals surface area contributed by atoms with Crippen molar-refractivity contribution in [3.8, 4) is 0 Å². The van der Waals surface area contributed by atoms with Gasteiger partial charge in [-0.15, -0.1) is 0 Å². The van der Waals surface area contributed by atoms with Gasteiger partial charge in [0.2, 0.25) is 0 Å². The summed E-state index contributed by atoms with van der Waals surface area (Å²) in [5.74, 6) is -0.392. The Morgan fingerprint density at radius 1 is 1.07 bits per heavy atom. The van der Waals surface area contributed by atoms with E-state index >= 15 is 0 Å². The number of anilines is 1. The highest BCUT2D eigenvalue weighted by atomic mass is 16.7. The van der Waals surface area contributed by atoms with E-state index in [1.807, 2.05) is 75.4 Å². The van der Waals surface area contributed by atoms with Crippen LogP contribution in [0, 0.1) is 0 Å². The van der Waals surface area contributed by atoms with Gasteiger partial charge in [-0.2, -0.15) is 0 Å². The summed E-state index contributed by atoms with van der Waals surface area (Å²) in [5.41, 5.74) is 6.47. The summed E-state index contributed by atoms with van der Waals surface area (Å²) in [6.45, 7) is 5.57. The van der Waals surface area contributed by atoms with Crippen LogP contribution >= 0.6 is 0 Å². The van der Waals surface area contributed by atoms with Crippen molar-refractivity contribution < 1.29 is 14.4 Å². The number of nitrogens with one attached hydrogen (secondary N) is 2. The van der Waals surface area contributed by atoms with Gasteiger partial charge in [0.05, 0.1) is 5.60 Å². The second kappa shape index (κ2) is 8.23. The number of rotatable bonds is 4. The third-order valence-corrected chi connectivity index (χ3v) is 4.10. The number of hydrogen-bond acceptors (Lipinski definition) is 3. The second-order valence-electron chi connectivity index (χ2n) is 7.64. The van der Waals surface area contributed by atoms with Crippen LogP contribution in [0.1, 0.15) is 37.5 Å². The molecule has 0 radical (unpaired) electrons. The first-order valence-corrected chi connectivity index (χ1v) is 9.16. The lowest BCUT2D eigenvalue weighted by molar-refractivity contribution is -0.140. The molecule has 2 aromatic rings. The summed E-state index contributed by atoms with van der Waals surface area (Å²) < 4.78 is 0. The molecular formula is C23H24N2O3. The summed E-state index contributed by atoms with van der Waals surface area (Å²) in [5, 5.41) is 2.92. The minimum Gasteiger partial charge on any atom is -0.322 e. The molecule has 2 amide bonds. The molecular weight excluding hydrogens is 352 g/mol. The molecule has 0 saturated heterocycles. The first kappa shape index (κ1) is 19.6. The number of carbonyl (C=O) groups excluding carboxylic acids is 2. The average Bonchev–Trinajstić information content (AvgIpc) is 2.66. The Hall–Kier alpha value is -3.18. The van der Waals surface area contributed by atoms with E-state index in [2.05, 4.69) is 10.8 Å². The van der Waals surface area contributed by atoms with Gasteiger partial charge in [0.1, 0.15) is 0 Å². The van der Waals surface area contributed by atoms with E-state index < -0.39 is 5.60 Å². The molecule has 0 aromatic heterocycles. The summed E-state index contributed by atoms with van der Waals surface area (Å²) in [6.07, 6.45) is 5.63. The molecule has 0 atom stereocenters. The van der Waals surface area contributed by atoms with Gasteiger partial charge in [-0.3, -0.25) is 14.4 Å². The van der Waals surface area contributed by atoms with Gasteiger partial charge in [-0.1, -0.05) is 42.5 Å². The van der Waals surface area contributed by atoms with E-state index in [0.717, 1.165) is 28.0 Å². The van der Waals surface area contributed by atoms with Crippen LogP contribution in [0.2, 0.25) is 0 Å². The lowest BCUT2D eigenvalue weighted by atomic mass is 9.96. The van der Waals surface area contributed by atoms with Crippen molar-refractivity contribution >= 4 is 29.7 Å². The zero-order valence-electron chi connectivity index (χ0n) is 16.3. The van der Waals surface area contributed by atoms with Crippen LogP contribution in [-0.4, -0.2) is 17.4 Å². The number of benzene rings is 2. The average molecular weight is 376 g/mol. The van der Waals surface area contributed by atoms with Crippen LogP contribution in [-0.2, 0) is 20.8 Å². The monoisotopic (exact) mass is 376 g/mol. The Morgan fingerprint density at radius 3 is 2.46 bits per heavy atom. The normalized spacial score (nSPS) is 15.4. The summed E-state index contributed by atoms with van der Waals surface area (Å²) in [4.78, 5) is 29.3. The molecule has 0 saturated carbocycles. The number of amides is 2. The molecule has 0 unspecified atom stereocenters. The molecule has 2 aromatic carbocycles. The number of para-hydroxylation sites is 1. The van der Waals surface area contributed by atoms with Crippen molar-refractivity contribution in [2.45, 2.75) is 32.8 Å². The molecule has 0 fully saturated rings. The van der Waals surface area contributed by atoms with E-state index in [-0.39, 0.29) is 11.8 Å². The van der Waals surface area contributed by atoms with Gasteiger partial charge in [0.25, 0.3) is 11.8 Å². The van der Waals surface area contributed by atoms with Gasteiger partial charge in [0.15, 0.2) is 0 Å². The fourth-order valence-electron chi connectivity index (χ4n) is 2.71. The highest BCUT2D eigenvalue weighted by Crippen LogP contribution is 2.26.